The molecule has 0 bridgehead atoms. The smallest absolute Gasteiger partial charge is 0.264 e. The molecule has 0 amide bonds. The molecule has 4 aromatic heterocycles. The third kappa shape index (κ3) is 4.41. The summed E-state index contributed by atoms with van der Waals surface area (Å²) < 4.78 is 4.85. The molecular weight excluding hydrogens is 502 g/mol. The average molecular weight is 528 g/mol. The van der Waals surface area contributed by atoms with Crippen molar-refractivity contribution in [3.05, 3.63) is 118 Å². The fraction of sp³-hybridized carbons (Fsp3) is 0.129. The van der Waals surface area contributed by atoms with Crippen molar-refractivity contribution in [3.63, 3.8) is 0 Å². The maximum Gasteiger partial charge on any atom is 0.264 e. The van der Waals surface area contributed by atoms with Crippen LogP contribution in [0.4, 0.5) is 5.82 Å². The van der Waals surface area contributed by atoms with Crippen molar-refractivity contribution in [3.8, 4) is 17.5 Å². The van der Waals surface area contributed by atoms with Crippen LogP contribution >= 0.6 is 0 Å². The SMILES string of the molecule is C[C@@H](CC(=O)c1c(N)nn2cccnc12)c1cc2cccc(C#Cc3cnn(C)c3)c2c(=O)n1-c1ccccc1. The molecule has 0 radical (unpaired) electrons. The summed E-state index contributed by atoms with van der Waals surface area (Å²) in [5.74, 6) is 5.88. The number of fused-ring (bicyclic) bond motifs is 2. The van der Waals surface area contributed by atoms with Gasteiger partial charge in [0.05, 0.1) is 17.1 Å². The highest BCUT2D eigenvalue weighted by molar-refractivity contribution is 6.06. The Bertz CT molecular complexity index is 2020. The molecule has 0 saturated carbocycles. The summed E-state index contributed by atoms with van der Waals surface area (Å²) in [6.45, 7) is 1.93. The molecule has 0 fully saturated rings. The number of carbonyl (C=O) groups excluding carboxylic acids is 1. The Kier molecular flexibility index (Phi) is 6.21. The van der Waals surface area contributed by atoms with Gasteiger partial charge in [0, 0.05) is 54.9 Å². The van der Waals surface area contributed by atoms with E-state index in [1.807, 2.05) is 74.8 Å². The largest absolute Gasteiger partial charge is 0.382 e. The van der Waals surface area contributed by atoms with Gasteiger partial charge in [-0.25, -0.2) is 9.50 Å². The number of nitrogens with two attached hydrogens (primary N) is 1. The van der Waals surface area contributed by atoms with Crippen molar-refractivity contribution in [1.29, 1.82) is 0 Å². The molecule has 9 heteroatoms. The fourth-order valence-corrected chi connectivity index (χ4v) is 4.97. The highest BCUT2D eigenvalue weighted by Crippen LogP contribution is 2.28. The molecule has 1 atom stereocenters. The van der Waals surface area contributed by atoms with Gasteiger partial charge in [-0.2, -0.15) is 5.10 Å². The third-order valence-corrected chi connectivity index (χ3v) is 6.83. The fourth-order valence-electron chi connectivity index (χ4n) is 4.97. The number of nitrogens with zero attached hydrogens (tertiary/aromatic N) is 6. The van der Waals surface area contributed by atoms with Crippen molar-refractivity contribution >= 4 is 28.0 Å². The Morgan fingerprint density at radius 3 is 2.67 bits per heavy atom. The number of ketones is 1. The first-order valence-corrected chi connectivity index (χ1v) is 12.8. The van der Waals surface area contributed by atoms with Gasteiger partial charge in [0.15, 0.2) is 17.2 Å². The molecule has 6 aromatic rings. The maximum atomic E-state index is 14.2. The second-order valence-corrected chi connectivity index (χ2v) is 9.64. The van der Waals surface area contributed by atoms with Crippen molar-refractivity contribution < 1.29 is 4.79 Å². The minimum Gasteiger partial charge on any atom is -0.382 e. The van der Waals surface area contributed by atoms with E-state index in [0.29, 0.717) is 28.0 Å². The zero-order valence-corrected chi connectivity index (χ0v) is 21.9. The van der Waals surface area contributed by atoms with E-state index in [4.69, 9.17) is 5.73 Å². The number of hydrogen-bond donors (Lipinski definition) is 1. The number of aryl methyl sites for hydroxylation is 1. The number of pyridine rings is 1. The van der Waals surface area contributed by atoms with E-state index < -0.39 is 0 Å². The maximum absolute atomic E-state index is 14.2. The minimum atomic E-state index is -0.326. The molecule has 4 heterocycles. The third-order valence-electron chi connectivity index (χ3n) is 6.83. The number of hydrogen-bond acceptors (Lipinski definition) is 6. The normalized spacial score (nSPS) is 11.8. The van der Waals surface area contributed by atoms with Gasteiger partial charge in [-0.15, -0.1) is 5.10 Å². The van der Waals surface area contributed by atoms with Crippen molar-refractivity contribution in [2.45, 2.75) is 19.3 Å². The van der Waals surface area contributed by atoms with Crippen LogP contribution in [0.3, 0.4) is 0 Å². The van der Waals surface area contributed by atoms with E-state index in [1.54, 1.807) is 33.9 Å². The first-order chi connectivity index (χ1) is 19.4. The molecule has 0 unspecified atom stereocenters. The van der Waals surface area contributed by atoms with Crippen LogP contribution in [0, 0.1) is 11.8 Å². The van der Waals surface area contributed by atoms with Crippen LogP contribution in [0.25, 0.3) is 22.1 Å². The predicted molar refractivity (Wildman–Crippen MR) is 153 cm³/mol. The average Bonchev–Trinajstić information content (AvgIpc) is 3.53. The standard InChI is InChI=1S/C31H25N7O2/c1-20(16-26(39)28-29(32)35-37-15-7-14-33-30(28)37)25-17-23-9-6-8-22(13-12-21-18-34-36(2)19-21)27(23)31(40)38(25)24-10-4-3-5-11-24/h3-11,14-15,17-20H,16H2,1-2H3,(H2,32,35)/t20-/m0/s1. The molecule has 0 aliphatic heterocycles. The molecule has 40 heavy (non-hydrogen) atoms. The van der Waals surface area contributed by atoms with Crippen LogP contribution in [-0.4, -0.2) is 34.7 Å². The van der Waals surface area contributed by atoms with Crippen LogP contribution in [0.2, 0.25) is 0 Å². The number of nitrogen functional groups attached to an aromatic ring is 1. The second kappa shape index (κ2) is 10.0. The lowest BCUT2D eigenvalue weighted by molar-refractivity contribution is 0.0977. The van der Waals surface area contributed by atoms with Gasteiger partial charge in [0.1, 0.15) is 5.56 Å². The Labute approximate surface area is 229 Å². The van der Waals surface area contributed by atoms with E-state index in [2.05, 4.69) is 27.0 Å². The molecule has 6 rings (SSSR count). The van der Waals surface area contributed by atoms with E-state index in [0.717, 1.165) is 10.9 Å². The van der Waals surface area contributed by atoms with Crippen LogP contribution in [-0.2, 0) is 7.05 Å². The second-order valence-electron chi connectivity index (χ2n) is 9.64. The Morgan fingerprint density at radius 1 is 1.07 bits per heavy atom. The zero-order chi connectivity index (χ0) is 27.8. The number of Topliss-reactive ketones (excluding diaryl/α,β-unsaturated/α-hetero) is 1. The van der Waals surface area contributed by atoms with Crippen LogP contribution < -0.4 is 11.3 Å². The molecule has 2 N–H and O–H groups in total. The number of para-hydroxylation sites is 1. The summed E-state index contributed by atoms with van der Waals surface area (Å²) in [5.41, 5.74) is 9.39. The van der Waals surface area contributed by atoms with E-state index in [9.17, 15) is 9.59 Å². The van der Waals surface area contributed by atoms with Gasteiger partial charge >= 0.3 is 0 Å². The number of benzene rings is 2. The first kappa shape index (κ1) is 24.8. The molecule has 0 saturated heterocycles. The molecule has 2 aromatic carbocycles. The Morgan fingerprint density at radius 2 is 1.90 bits per heavy atom. The van der Waals surface area contributed by atoms with Gasteiger partial charge in [-0.3, -0.25) is 18.8 Å². The van der Waals surface area contributed by atoms with E-state index in [-0.39, 0.29) is 35.1 Å². The number of carbonyl (C=O) groups is 1. The quantitative estimate of drug-likeness (QED) is 0.267. The number of anilines is 1. The predicted octanol–water partition coefficient (Wildman–Crippen LogP) is 4.13. The van der Waals surface area contributed by atoms with E-state index >= 15 is 0 Å². The van der Waals surface area contributed by atoms with Gasteiger partial charge in [-0.1, -0.05) is 49.1 Å². The minimum absolute atomic E-state index is 0.112. The molecule has 0 aliphatic rings. The summed E-state index contributed by atoms with van der Waals surface area (Å²) in [6, 6.07) is 18.7. The van der Waals surface area contributed by atoms with Crippen molar-refractivity contribution in [2.75, 3.05) is 5.73 Å². The zero-order valence-electron chi connectivity index (χ0n) is 21.9. The highest BCUT2D eigenvalue weighted by Gasteiger charge is 2.24. The van der Waals surface area contributed by atoms with E-state index in [1.165, 1.54) is 4.52 Å². The van der Waals surface area contributed by atoms with Crippen LogP contribution in [0.15, 0.2) is 90.2 Å². The highest BCUT2D eigenvalue weighted by atomic mass is 16.1. The van der Waals surface area contributed by atoms with Gasteiger partial charge in [0.2, 0.25) is 0 Å². The van der Waals surface area contributed by atoms with Crippen molar-refractivity contribution in [1.82, 2.24) is 28.9 Å². The topological polar surface area (TPSA) is 113 Å². The lowest BCUT2D eigenvalue weighted by Gasteiger charge is -2.20. The Hall–Kier alpha value is -5.49. The summed E-state index contributed by atoms with van der Waals surface area (Å²) in [5, 5.41) is 9.65. The molecular formula is C31H25N7O2. The molecule has 196 valence electrons. The monoisotopic (exact) mass is 527 g/mol. The summed E-state index contributed by atoms with van der Waals surface area (Å²) >= 11 is 0. The lowest BCUT2D eigenvalue weighted by atomic mass is 9.94. The molecule has 9 nitrogen and oxygen atoms in total. The summed E-state index contributed by atoms with van der Waals surface area (Å²) in [4.78, 5) is 32.0. The van der Waals surface area contributed by atoms with Gasteiger partial charge in [-0.05, 0) is 35.7 Å². The molecule has 0 aliphatic carbocycles. The van der Waals surface area contributed by atoms with Crippen LogP contribution in [0.5, 0.6) is 0 Å². The number of aromatic nitrogens is 6. The Balaban J connectivity index is 1.48. The van der Waals surface area contributed by atoms with Gasteiger partial charge in [0.25, 0.3) is 5.56 Å². The summed E-state index contributed by atoms with van der Waals surface area (Å²) in [7, 11) is 1.83. The first-order valence-electron chi connectivity index (χ1n) is 12.8. The number of rotatable bonds is 5. The van der Waals surface area contributed by atoms with Crippen LogP contribution in [0.1, 0.15) is 46.4 Å². The molecule has 0 spiro atoms. The summed E-state index contributed by atoms with van der Waals surface area (Å²) in [6.07, 6.45) is 6.92. The lowest BCUT2D eigenvalue weighted by Crippen LogP contribution is -2.24. The van der Waals surface area contributed by atoms with Crippen molar-refractivity contribution in [2.24, 2.45) is 7.05 Å². The van der Waals surface area contributed by atoms with Gasteiger partial charge < -0.3 is 5.73 Å².